The van der Waals surface area contributed by atoms with Gasteiger partial charge in [-0.05, 0) is 0 Å². The zero-order chi connectivity index (χ0) is 15.7. The highest BCUT2D eigenvalue weighted by molar-refractivity contribution is 6.32. The molecule has 12 nitrogen and oxygen atoms in total. The number of nitrogens with two attached hydrogens (primary N) is 2. The first kappa shape index (κ1) is 17.7. The van der Waals surface area contributed by atoms with E-state index in [9.17, 15) is 24.9 Å². The van der Waals surface area contributed by atoms with Gasteiger partial charge in [-0.15, -0.1) is 0 Å². The van der Waals surface area contributed by atoms with Crippen LogP contribution in [0.15, 0.2) is 10.2 Å². The van der Waals surface area contributed by atoms with E-state index in [1.807, 2.05) is 0 Å². The summed E-state index contributed by atoms with van der Waals surface area (Å²) in [5, 5.41) is 43.5. The number of aliphatic hydroxyl groups is 4. The first-order valence-corrected chi connectivity index (χ1v) is 5.16. The number of aliphatic hydroxyl groups excluding tert-OH is 4. The molecule has 0 aromatic carbocycles. The Morgan fingerprint density at radius 1 is 1.15 bits per heavy atom. The predicted molar refractivity (Wildman–Crippen MR) is 66.5 cm³/mol. The van der Waals surface area contributed by atoms with Gasteiger partial charge in [-0.25, -0.2) is 20.4 Å². The summed E-state index contributed by atoms with van der Waals surface area (Å²) in [5.74, 6) is 0. The number of carbonyl (C=O) groups excluding carboxylic acids is 2. The summed E-state index contributed by atoms with van der Waals surface area (Å²) in [5.41, 5.74) is 12.6. The molecule has 0 aromatic heterocycles. The Morgan fingerprint density at radius 3 is 2.15 bits per heavy atom. The third kappa shape index (κ3) is 6.60. The fraction of sp³-hybridized carbons (Fsp3) is 0.500. The van der Waals surface area contributed by atoms with Crippen LogP contribution in [-0.2, 0) is 0 Å². The number of nitrogens with zero attached hydrogens (tertiary/aromatic N) is 2. The highest BCUT2D eigenvalue weighted by atomic mass is 16.4. The average Bonchev–Trinajstić information content (AvgIpc) is 2.39. The average molecular weight is 292 g/mol. The van der Waals surface area contributed by atoms with Gasteiger partial charge < -0.3 is 31.9 Å². The van der Waals surface area contributed by atoms with Gasteiger partial charge in [-0.1, -0.05) is 0 Å². The van der Waals surface area contributed by atoms with E-state index in [-0.39, 0.29) is 0 Å². The van der Waals surface area contributed by atoms with Crippen LogP contribution in [0.25, 0.3) is 0 Å². The SMILES string of the molecule is NC(=O)N/N=C(/C=N/NC(N)=O)C(O)C(O)C(O)CO. The van der Waals surface area contributed by atoms with Crippen LogP contribution in [0.5, 0.6) is 0 Å². The molecule has 3 unspecified atom stereocenters. The van der Waals surface area contributed by atoms with Gasteiger partial charge in [0, 0.05) is 0 Å². The number of amides is 4. The Morgan fingerprint density at radius 2 is 1.70 bits per heavy atom. The van der Waals surface area contributed by atoms with Gasteiger partial charge in [-0.2, -0.15) is 10.2 Å². The van der Waals surface area contributed by atoms with Crippen LogP contribution >= 0.6 is 0 Å². The van der Waals surface area contributed by atoms with Crippen LogP contribution in [0.3, 0.4) is 0 Å². The van der Waals surface area contributed by atoms with Crippen LogP contribution in [-0.4, -0.2) is 69.3 Å². The van der Waals surface area contributed by atoms with Gasteiger partial charge in [0.25, 0.3) is 0 Å². The first-order valence-electron chi connectivity index (χ1n) is 5.16. The van der Waals surface area contributed by atoms with Crippen molar-refractivity contribution in [1.82, 2.24) is 10.9 Å². The smallest absolute Gasteiger partial charge is 0.332 e. The largest absolute Gasteiger partial charge is 0.394 e. The van der Waals surface area contributed by atoms with Crippen molar-refractivity contribution in [2.75, 3.05) is 6.61 Å². The maximum atomic E-state index is 10.5. The number of hydrazone groups is 2. The molecule has 0 aromatic rings. The Labute approximate surface area is 112 Å². The lowest BCUT2D eigenvalue weighted by Gasteiger charge is -2.21. The van der Waals surface area contributed by atoms with Crippen molar-refractivity contribution in [1.29, 1.82) is 0 Å². The van der Waals surface area contributed by atoms with Gasteiger partial charge >= 0.3 is 12.1 Å². The second kappa shape index (κ2) is 8.76. The van der Waals surface area contributed by atoms with E-state index >= 15 is 0 Å². The highest BCUT2D eigenvalue weighted by Crippen LogP contribution is 2.01. The fourth-order valence-corrected chi connectivity index (χ4v) is 0.946. The van der Waals surface area contributed by atoms with Crippen molar-refractivity contribution >= 4 is 24.0 Å². The number of nitrogens with one attached hydrogen (secondary N) is 2. The summed E-state index contributed by atoms with van der Waals surface area (Å²) < 4.78 is 0. The molecule has 12 heteroatoms. The molecule has 0 aliphatic rings. The Bertz CT molecular complexity index is 399. The maximum absolute atomic E-state index is 10.5. The molecule has 0 saturated heterocycles. The molecule has 0 fully saturated rings. The zero-order valence-corrected chi connectivity index (χ0v) is 10.2. The predicted octanol–water partition coefficient (Wildman–Crippen LogP) is -4.26. The molecule has 3 atom stereocenters. The Hall–Kier alpha value is -2.28. The second-order valence-electron chi connectivity index (χ2n) is 3.43. The van der Waals surface area contributed by atoms with Crippen molar-refractivity contribution in [3.8, 4) is 0 Å². The molecule has 0 aliphatic heterocycles. The van der Waals surface area contributed by atoms with Crippen LogP contribution in [0.4, 0.5) is 9.59 Å². The van der Waals surface area contributed by atoms with E-state index < -0.39 is 42.7 Å². The molecule has 4 amide bonds. The quantitative estimate of drug-likeness (QED) is 0.171. The van der Waals surface area contributed by atoms with Crippen LogP contribution in [0.1, 0.15) is 0 Å². The molecule has 0 rings (SSSR count). The number of primary amides is 2. The van der Waals surface area contributed by atoms with Gasteiger partial charge in [0.2, 0.25) is 0 Å². The van der Waals surface area contributed by atoms with Crippen molar-refractivity contribution in [3.05, 3.63) is 0 Å². The second-order valence-corrected chi connectivity index (χ2v) is 3.43. The number of urea groups is 2. The highest BCUT2D eigenvalue weighted by Gasteiger charge is 2.28. The standard InChI is InChI=1S/C8H16N6O6/c9-7(19)13-11-1-3(12-14-8(10)20)5(17)6(18)4(16)2-15/h1,4-6,15-18H,2H2,(H3,9,13,19)(H3,10,14,20)/b11-1+,12-3-. The lowest BCUT2D eigenvalue weighted by molar-refractivity contribution is -0.0549. The molecule has 0 spiro atoms. The van der Waals surface area contributed by atoms with Gasteiger partial charge in [0.1, 0.15) is 24.0 Å². The van der Waals surface area contributed by atoms with E-state index in [0.29, 0.717) is 0 Å². The van der Waals surface area contributed by atoms with Crippen molar-refractivity contribution < 1.29 is 30.0 Å². The topological polar surface area (TPSA) is 216 Å². The molecule has 0 aliphatic carbocycles. The Kier molecular flexibility index (Phi) is 7.76. The molecule has 0 radical (unpaired) electrons. The molecular formula is C8H16N6O6. The number of rotatable bonds is 7. The monoisotopic (exact) mass is 292 g/mol. The Balaban J connectivity index is 5.00. The summed E-state index contributed by atoms with van der Waals surface area (Å²) in [7, 11) is 0. The van der Waals surface area contributed by atoms with E-state index in [1.54, 1.807) is 10.9 Å². The minimum atomic E-state index is -1.83. The first-order chi connectivity index (χ1) is 9.29. The molecular weight excluding hydrogens is 276 g/mol. The summed E-state index contributed by atoms with van der Waals surface area (Å²) in [6, 6.07) is -2.07. The summed E-state index contributed by atoms with van der Waals surface area (Å²) in [6.45, 7) is -0.828. The molecule has 114 valence electrons. The summed E-state index contributed by atoms with van der Waals surface area (Å²) >= 11 is 0. The number of carbonyl (C=O) groups is 2. The minimum Gasteiger partial charge on any atom is -0.394 e. The van der Waals surface area contributed by atoms with Crippen molar-refractivity contribution in [3.63, 3.8) is 0 Å². The zero-order valence-electron chi connectivity index (χ0n) is 10.2. The molecule has 20 heavy (non-hydrogen) atoms. The summed E-state index contributed by atoms with van der Waals surface area (Å²) in [6.07, 6.45) is -4.57. The molecule has 10 N–H and O–H groups in total. The van der Waals surface area contributed by atoms with E-state index in [2.05, 4.69) is 10.2 Å². The van der Waals surface area contributed by atoms with Gasteiger partial charge in [-0.3, -0.25) is 0 Å². The van der Waals surface area contributed by atoms with Crippen LogP contribution in [0.2, 0.25) is 0 Å². The summed E-state index contributed by atoms with van der Waals surface area (Å²) in [4.78, 5) is 20.9. The van der Waals surface area contributed by atoms with Crippen LogP contribution in [0, 0.1) is 0 Å². The van der Waals surface area contributed by atoms with Gasteiger partial charge in [0.15, 0.2) is 0 Å². The van der Waals surface area contributed by atoms with E-state index in [4.69, 9.17) is 16.6 Å². The number of hydrogen-bond acceptors (Lipinski definition) is 8. The van der Waals surface area contributed by atoms with Crippen molar-refractivity contribution in [2.24, 2.45) is 21.7 Å². The van der Waals surface area contributed by atoms with Crippen LogP contribution < -0.4 is 22.3 Å². The van der Waals surface area contributed by atoms with Crippen molar-refractivity contribution in [2.45, 2.75) is 18.3 Å². The minimum absolute atomic E-state index is 0.461. The van der Waals surface area contributed by atoms with E-state index in [1.165, 1.54) is 0 Å². The lowest BCUT2D eigenvalue weighted by atomic mass is 10.0. The number of hydrogen-bond donors (Lipinski definition) is 8. The normalized spacial score (nSPS) is 16.5. The third-order valence-electron chi connectivity index (χ3n) is 1.87. The molecule has 0 bridgehead atoms. The van der Waals surface area contributed by atoms with Gasteiger partial charge in [0.05, 0.1) is 12.8 Å². The molecule has 0 heterocycles. The van der Waals surface area contributed by atoms with E-state index in [0.717, 1.165) is 6.21 Å². The lowest BCUT2D eigenvalue weighted by Crippen LogP contribution is -2.45. The maximum Gasteiger partial charge on any atom is 0.332 e. The molecule has 0 saturated carbocycles. The fourth-order valence-electron chi connectivity index (χ4n) is 0.946. The third-order valence-corrected chi connectivity index (χ3v) is 1.87.